The van der Waals surface area contributed by atoms with E-state index in [4.69, 9.17) is 11.6 Å². The van der Waals surface area contributed by atoms with Crippen LogP contribution in [0.1, 0.15) is 30.5 Å². The SMILES string of the molecule is CCN(CC)CCN1C(=O)C(O)(c2ccc(Cl)cc2)c2c1cc(I)cc2C(F)(F)F. The van der Waals surface area contributed by atoms with Crippen LogP contribution in [0.25, 0.3) is 0 Å². The summed E-state index contributed by atoms with van der Waals surface area (Å²) in [5.74, 6) is -0.792. The van der Waals surface area contributed by atoms with E-state index < -0.39 is 28.8 Å². The second-order valence-electron chi connectivity index (χ2n) is 7.05. The van der Waals surface area contributed by atoms with E-state index in [1.807, 2.05) is 13.8 Å². The lowest BCUT2D eigenvalue weighted by atomic mass is 9.84. The first kappa shape index (κ1) is 23.3. The van der Waals surface area contributed by atoms with Gasteiger partial charge in [0.1, 0.15) is 0 Å². The summed E-state index contributed by atoms with van der Waals surface area (Å²) in [7, 11) is 0. The number of amides is 1. The molecule has 0 fully saturated rings. The number of fused-ring (bicyclic) bond motifs is 1. The monoisotopic (exact) mass is 552 g/mol. The molecule has 162 valence electrons. The summed E-state index contributed by atoms with van der Waals surface area (Å²) >= 11 is 7.70. The molecule has 0 spiro atoms. The first-order valence-electron chi connectivity index (χ1n) is 9.48. The van der Waals surface area contributed by atoms with Crippen molar-refractivity contribution < 1.29 is 23.1 Å². The van der Waals surface area contributed by atoms with Crippen LogP contribution in [0, 0.1) is 3.57 Å². The van der Waals surface area contributed by atoms with E-state index in [1.54, 1.807) is 22.6 Å². The highest BCUT2D eigenvalue weighted by atomic mass is 127. The van der Waals surface area contributed by atoms with Gasteiger partial charge in [-0.05, 0) is 65.5 Å². The third-order valence-electron chi connectivity index (χ3n) is 5.39. The minimum Gasteiger partial charge on any atom is -0.372 e. The first-order chi connectivity index (χ1) is 14.0. The van der Waals surface area contributed by atoms with Crippen molar-refractivity contribution in [1.29, 1.82) is 0 Å². The Bertz CT molecular complexity index is 949. The fourth-order valence-corrected chi connectivity index (χ4v) is 4.52. The Morgan fingerprint density at radius 1 is 1.17 bits per heavy atom. The predicted molar refractivity (Wildman–Crippen MR) is 119 cm³/mol. The van der Waals surface area contributed by atoms with Gasteiger partial charge in [-0.15, -0.1) is 0 Å². The van der Waals surface area contributed by atoms with Crippen molar-refractivity contribution in [1.82, 2.24) is 4.90 Å². The summed E-state index contributed by atoms with van der Waals surface area (Å²) in [6.45, 7) is 6.07. The van der Waals surface area contributed by atoms with Crippen molar-refractivity contribution in [2.75, 3.05) is 31.1 Å². The van der Waals surface area contributed by atoms with Gasteiger partial charge in [-0.3, -0.25) is 4.79 Å². The highest BCUT2D eigenvalue weighted by molar-refractivity contribution is 14.1. The Labute approximate surface area is 191 Å². The molecule has 1 atom stereocenters. The number of benzene rings is 2. The van der Waals surface area contributed by atoms with Gasteiger partial charge in [0, 0.05) is 27.2 Å². The van der Waals surface area contributed by atoms with E-state index in [1.165, 1.54) is 35.2 Å². The fraction of sp³-hybridized carbons (Fsp3) is 0.381. The zero-order valence-electron chi connectivity index (χ0n) is 16.4. The van der Waals surface area contributed by atoms with Gasteiger partial charge in [0.15, 0.2) is 5.60 Å². The fourth-order valence-electron chi connectivity index (χ4n) is 3.78. The molecule has 0 radical (unpaired) electrons. The van der Waals surface area contributed by atoms with Gasteiger partial charge in [-0.2, -0.15) is 13.2 Å². The molecule has 1 heterocycles. The quantitative estimate of drug-likeness (QED) is 0.519. The van der Waals surface area contributed by atoms with Crippen molar-refractivity contribution in [3.8, 4) is 0 Å². The van der Waals surface area contributed by atoms with Gasteiger partial charge in [-0.25, -0.2) is 0 Å². The molecule has 30 heavy (non-hydrogen) atoms. The number of alkyl halides is 3. The largest absolute Gasteiger partial charge is 0.416 e. The molecule has 9 heteroatoms. The van der Waals surface area contributed by atoms with E-state index in [-0.39, 0.29) is 17.8 Å². The number of halogens is 5. The lowest BCUT2D eigenvalue weighted by Gasteiger charge is -2.26. The molecule has 4 nitrogen and oxygen atoms in total. The summed E-state index contributed by atoms with van der Waals surface area (Å²) < 4.78 is 42.2. The van der Waals surface area contributed by atoms with Crippen molar-refractivity contribution in [2.24, 2.45) is 0 Å². The number of aliphatic hydroxyl groups is 1. The van der Waals surface area contributed by atoms with Crippen LogP contribution in [0.2, 0.25) is 5.02 Å². The van der Waals surface area contributed by atoms with Crippen LogP contribution < -0.4 is 4.90 Å². The molecule has 1 aliphatic heterocycles. The Morgan fingerprint density at radius 2 is 1.77 bits per heavy atom. The number of anilines is 1. The molecule has 1 N–H and O–H groups in total. The maximum absolute atomic E-state index is 14.0. The molecule has 1 amide bonds. The van der Waals surface area contributed by atoms with Crippen molar-refractivity contribution in [3.05, 3.63) is 61.7 Å². The Kier molecular flexibility index (Phi) is 6.71. The normalized spacial score (nSPS) is 19.0. The molecule has 0 saturated heterocycles. The van der Waals surface area contributed by atoms with Gasteiger partial charge in [0.05, 0.1) is 11.3 Å². The van der Waals surface area contributed by atoms with Crippen LogP contribution in [-0.2, 0) is 16.6 Å². The number of carbonyl (C=O) groups is 1. The number of carbonyl (C=O) groups excluding carboxylic acids is 1. The highest BCUT2D eigenvalue weighted by Crippen LogP contribution is 2.50. The average molecular weight is 553 g/mol. The molecule has 1 aliphatic rings. The molecule has 0 saturated carbocycles. The van der Waals surface area contributed by atoms with Gasteiger partial charge in [0.25, 0.3) is 5.91 Å². The minimum absolute atomic E-state index is 0.0511. The minimum atomic E-state index is -4.74. The van der Waals surface area contributed by atoms with Gasteiger partial charge in [-0.1, -0.05) is 37.6 Å². The van der Waals surface area contributed by atoms with Crippen LogP contribution in [0.3, 0.4) is 0 Å². The van der Waals surface area contributed by atoms with Crippen molar-refractivity contribution in [2.45, 2.75) is 25.6 Å². The molecule has 2 aromatic carbocycles. The van der Waals surface area contributed by atoms with Gasteiger partial charge < -0.3 is 14.9 Å². The maximum atomic E-state index is 14.0. The summed E-state index contributed by atoms with van der Waals surface area (Å²) in [4.78, 5) is 16.7. The molecular weight excluding hydrogens is 532 g/mol. The maximum Gasteiger partial charge on any atom is 0.416 e. The molecular formula is C21H21ClF3IN2O2. The second kappa shape index (κ2) is 8.64. The van der Waals surface area contributed by atoms with E-state index in [0.29, 0.717) is 15.1 Å². The van der Waals surface area contributed by atoms with Crippen LogP contribution in [0.5, 0.6) is 0 Å². The molecule has 0 aromatic heterocycles. The average Bonchev–Trinajstić information content (AvgIpc) is 2.90. The third kappa shape index (κ3) is 4.06. The molecule has 2 aromatic rings. The summed E-state index contributed by atoms with van der Waals surface area (Å²) in [6.07, 6.45) is -4.74. The number of nitrogens with zero attached hydrogens (tertiary/aromatic N) is 2. The lowest BCUT2D eigenvalue weighted by molar-refractivity contribution is -0.142. The van der Waals surface area contributed by atoms with E-state index in [2.05, 4.69) is 4.90 Å². The Hall–Kier alpha value is -1.36. The van der Waals surface area contributed by atoms with Gasteiger partial charge in [0.2, 0.25) is 0 Å². The topological polar surface area (TPSA) is 43.8 Å². The van der Waals surface area contributed by atoms with E-state index >= 15 is 0 Å². The number of hydrogen-bond donors (Lipinski definition) is 1. The van der Waals surface area contributed by atoms with Crippen LogP contribution in [0.15, 0.2) is 36.4 Å². The van der Waals surface area contributed by atoms with Crippen molar-refractivity contribution >= 4 is 45.8 Å². The summed E-state index contributed by atoms with van der Waals surface area (Å²) in [6, 6.07) is 8.13. The highest BCUT2D eigenvalue weighted by Gasteiger charge is 2.55. The molecule has 1 unspecified atom stereocenters. The second-order valence-corrected chi connectivity index (χ2v) is 8.73. The van der Waals surface area contributed by atoms with Crippen LogP contribution in [-0.4, -0.2) is 42.1 Å². The van der Waals surface area contributed by atoms with Gasteiger partial charge >= 0.3 is 6.18 Å². The van der Waals surface area contributed by atoms with Crippen LogP contribution >= 0.6 is 34.2 Å². The van der Waals surface area contributed by atoms with Crippen molar-refractivity contribution in [3.63, 3.8) is 0 Å². The van der Waals surface area contributed by atoms with E-state index in [9.17, 15) is 23.1 Å². The lowest BCUT2D eigenvalue weighted by Crippen LogP contribution is -2.44. The Balaban J connectivity index is 2.22. The molecule has 3 rings (SSSR count). The smallest absolute Gasteiger partial charge is 0.372 e. The zero-order chi connectivity index (χ0) is 22.3. The zero-order valence-corrected chi connectivity index (χ0v) is 19.3. The summed E-state index contributed by atoms with van der Waals surface area (Å²) in [5.41, 5.74) is -3.75. The standard InChI is InChI=1S/C21H21ClF3IN2O2/c1-3-27(4-2)9-10-28-17-12-15(26)11-16(21(23,24)25)18(17)20(30,19(28)29)13-5-7-14(22)8-6-13/h5-8,11-12,30H,3-4,9-10H2,1-2H3. The molecule has 0 bridgehead atoms. The summed E-state index contributed by atoms with van der Waals surface area (Å²) in [5, 5.41) is 11.9. The van der Waals surface area contributed by atoms with Crippen LogP contribution in [0.4, 0.5) is 18.9 Å². The molecule has 0 aliphatic carbocycles. The Morgan fingerprint density at radius 3 is 2.30 bits per heavy atom. The predicted octanol–water partition coefficient (Wildman–Crippen LogP) is 4.89. The van der Waals surface area contributed by atoms with E-state index in [0.717, 1.165) is 19.2 Å². The number of likely N-dealkylation sites (N-methyl/N-ethyl adjacent to an activating group) is 1. The number of rotatable bonds is 6. The third-order valence-corrected chi connectivity index (χ3v) is 6.27. The number of hydrogen-bond acceptors (Lipinski definition) is 3. The first-order valence-corrected chi connectivity index (χ1v) is 10.9.